The van der Waals surface area contributed by atoms with E-state index in [1.165, 1.54) is 40.6 Å². The summed E-state index contributed by atoms with van der Waals surface area (Å²) in [5.41, 5.74) is 3.34. The van der Waals surface area contributed by atoms with Crippen molar-refractivity contribution in [3.05, 3.63) is 33.8 Å². The van der Waals surface area contributed by atoms with Crippen LogP contribution in [0.15, 0.2) is 22.7 Å². The summed E-state index contributed by atoms with van der Waals surface area (Å²) in [5, 5.41) is 3.85. The first-order valence-corrected chi connectivity index (χ1v) is 7.97. The first kappa shape index (κ1) is 12.1. The number of thioether (sulfide) groups is 1. The van der Waals surface area contributed by atoms with Crippen molar-refractivity contribution < 1.29 is 0 Å². The van der Waals surface area contributed by atoms with Crippen LogP contribution >= 0.6 is 27.7 Å². The van der Waals surface area contributed by atoms with Crippen LogP contribution in [-0.2, 0) is 12.8 Å². The molecule has 3 rings (SSSR count). The molecule has 1 fully saturated rings. The molecular formula is C14H18BrNS. The highest BCUT2D eigenvalue weighted by Gasteiger charge is 2.44. The van der Waals surface area contributed by atoms with Crippen molar-refractivity contribution in [2.24, 2.45) is 0 Å². The number of hydrogen-bond acceptors (Lipinski definition) is 2. The van der Waals surface area contributed by atoms with Crippen molar-refractivity contribution in [3.63, 3.8) is 0 Å². The van der Waals surface area contributed by atoms with Crippen molar-refractivity contribution in [2.75, 3.05) is 5.75 Å². The molecule has 1 aliphatic heterocycles. The van der Waals surface area contributed by atoms with Crippen molar-refractivity contribution >= 4 is 27.7 Å². The second-order valence-corrected chi connectivity index (χ2v) is 8.16. The van der Waals surface area contributed by atoms with E-state index >= 15 is 0 Å². The molecule has 0 amide bonds. The first-order chi connectivity index (χ1) is 7.98. The van der Waals surface area contributed by atoms with E-state index in [-0.39, 0.29) is 5.54 Å². The van der Waals surface area contributed by atoms with E-state index in [1.54, 1.807) is 0 Å². The third kappa shape index (κ3) is 2.29. The van der Waals surface area contributed by atoms with Gasteiger partial charge in [-0.15, -0.1) is 11.8 Å². The van der Waals surface area contributed by atoms with Gasteiger partial charge in [0.15, 0.2) is 0 Å². The smallest absolute Gasteiger partial charge is 0.0694 e. The molecule has 17 heavy (non-hydrogen) atoms. The molecule has 1 aliphatic carbocycles. The van der Waals surface area contributed by atoms with Crippen molar-refractivity contribution in [1.82, 2.24) is 5.32 Å². The number of aryl methyl sites for hydroxylation is 1. The standard InChI is InChI=1S/C14H18BrNS/c1-13(2)9-17-14(16-13)6-5-10-7-12(15)4-3-11(10)8-14/h3-4,7,16H,5-6,8-9H2,1-2H3. The Labute approximate surface area is 116 Å². The zero-order valence-electron chi connectivity index (χ0n) is 10.3. The van der Waals surface area contributed by atoms with Crippen molar-refractivity contribution in [2.45, 2.75) is 43.5 Å². The monoisotopic (exact) mass is 311 g/mol. The summed E-state index contributed by atoms with van der Waals surface area (Å²) in [6, 6.07) is 6.74. The van der Waals surface area contributed by atoms with Crippen LogP contribution in [0.25, 0.3) is 0 Å². The first-order valence-electron chi connectivity index (χ1n) is 6.19. The van der Waals surface area contributed by atoms with Gasteiger partial charge >= 0.3 is 0 Å². The quantitative estimate of drug-likeness (QED) is 0.783. The molecule has 0 saturated carbocycles. The molecule has 0 bridgehead atoms. The average molecular weight is 312 g/mol. The van der Waals surface area contributed by atoms with Gasteiger partial charge in [0.2, 0.25) is 0 Å². The number of fused-ring (bicyclic) bond motifs is 1. The highest BCUT2D eigenvalue weighted by atomic mass is 79.9. The van der Waals surface area contributed by atoms with Crippen molar-refractivity contribution in [3.8, 4) is 0 Å². The molecule has 92 valence electrons. The van der Waals surface area contributed by atoms with Gasteiger partial charge in [0, 0.05) is 22.2 Å². The number of rotatable bonds is 0. The number of benzene rings is 1. The fraction of sp³-hybridized carbons (Fsp3) is 0.571. The molecule has 1 saturated heterocycles. The Morgan fingerprint density at radius 1 is 1.29 bits per heavy atom. The van der Waals surface area contributed by atoms with E-state index < -0.39 is 0 Å². The van der Waals surface area contributed by atoms with Gasteiger partial charge in [-0.25, -0.2) is 0 Å². The highest BCUT2D eigenvalue weighted by Crippen LogP contribution is 2.44. The predicted molar refractivity (Wildman–Crippen MR) is 78.6 cm³/mol. The van der Waals surface area contributed by atoms with Gasteiger partial charge in [-0.2, -0.15) is 0 Å². The summed E-state index contributed by atoms with van der Waals surface area (Å²) >= 11 is 5.68. The summed E-state index contributed by atoms with van der Waals surface area (Å²) in [6.07, 6.45) is 3.62. The highest BCUT2D eigenvalue weighted by molar-refractivity contribution is 9.10. The van der Waals surface area contributed by atoms with E-state index in [0.717, 1.165) is 0 Å². The Morgan fingerprint density at radius 2 is 2.12 bits per heavy atom. The fourth-order valence-corrected chi connectivity index (χ4v) is 4.94. The maximum atomic E-state index is 3.85. The van der Waals surface area contributed by atoms with E-state index in [4.69, 9.17) is 0 Å². The number of halogens is 1. The molecule has 2 aliphatic rings. The van der Waals surface area contributed by atoms with Gasteiger partial charge in [-0.3, -0.25) is 5.32 Å². The minimum atomic E-state index is 0.289. The van der Waals surface area contributed by atoms with Crippen LogP contribution in [0.1, 0.15) is 31.4 Å². The maximum absolute atomic E-state index is 3.85. The normalized spacial score (nSPS) is 30.5. The van der Waals surface area contributed by atoms with Crippen LogP contribution in [-0.4, -0.2) is 16.2 Å². The Kier molecular flexibility index (Phi) is 2.84. The third-order valence-corrected chi connectivity index (χ3v) is 6.08. The fourth-order valence-electron chi connectivity index (χ4n) is 2.97. The van der Waals surface area contributed by atoms with Crippen molar-refractivity contribution in [1.29, 1.82) is 0 Å². The van der Waals surface area contributed by atoms with Gasteiger partial charge in [0.1, 0.15) is 0 Å². The Bertz CT molecular complexity index is 458. The van der Waals surface area contributed by atoms with Crippen LogP contribution in [0.5, 0.6) is 0 Å². The summed E-state index contributed by atoms with van der Waals surface area (Å²) in [4.78, 5) is 0.296. The number of hydrogen-bond donors (Lipinski definition) is 1. The lowest BCUT2D eigenvalue weighted by Crippen LogP contribution is -2.50. The summed E-state index contributed by atoms with van der Waals surface area (Å²) in [5.74, 6) is 1.22. The van der Waals surface area contributed by atoms with E-state index in [1.807, 2.05) is 0 Å². The van der Waals surface area contributed by atoms with Crippen LogP contribution < -0.4 is 5.32 Å². The molecule has 1 spiro atoms. The predicted octanol–water partition coefficient (Wildman–Crippen LogP) is 3.75. The van der Waals surface area contributed by atoms with Gasteiger partial charge in [-0.05, 0) is 49.9 Å². The van der Waals surface area contributed by atoms with Gasteiger partial charge < -0.3 is 0 Å². The topological polar surface area (TPSA) is 12.0 Å². The summed E-state index contributed by atoms with van der Waals surface area (Å²) < 4.78 is 1.21. The number of nitrogens with one attached hydrogen (secondary N) is 1. The zero-order chi connectivity index (χ0) is 12.1. The maximum Gasteiger partial charge on any atom is 0.0694 e. The van der Waals surface area contributed by atoms with Crippen LogP contribution in [0, 0.1) is 0 Å². The van der Waals surface area contributed by atoms with Crippen LogP contribution in [0.2, 0.25) is 0 Å². The molecule has 1 aromatic rings. The molecular weight excluding hydrogens is 294 g/mol. The SMILES string of the molecule is CC1(C)CSC2(CCc3cc(Br)ccc3C2)N1. The van der Waals surface area contributed by atoms with E-state index in [0.29, 0.717) is 4.87 Å². The minimum Gasteiger partial charge on any atom is -0.297 e. The molecule has 1 N–H and O–H groups in total. The molecule has 1 atom stereocenters. The van der Waals surface area contributed by atoms with Crippen LogP contribution in [0.4, 0.5) is 0 Å². The molecule has 0 radical (unpaired) electrons. The van der Waals surface area contributed by atoms with E-state index in [9.17, 15) is 0 Å². The lowest BCUT2D eigenvalue weighted by Gasteiger charge is -2.36. The Morgan fingerprint density at radius 3 is 2.82 bits per heavy atom. The van der Waals surface area contributed by atoms with Gasteiger partial charge in [-0.1, -0.05) is 22.0 Å². The summed E-state index contributed by atoms with van der Waals surface area (Å²) in [6.45, 7) is 4.62. The molecule has 1 heterocycles. The minimum absolute atomic E-state index is 0.289. The zero-order valence-corrected chi connectivity index (χ0v) is 12.7. The molecule has 1 unspecified atom stereocenters. The molecule has 3 heteroatoms. The Balaban J connectivity index is 1.88. The third-order valence-electron chi connectivity index (χ3n) is 3.72. The molecule has 1 aromatic carbocycles. The van der Waals surface area contributed by atoms with E-state index in [2.05, 4.69) is 65.1 Å². The second-order valence-electron chi connectivity index (χ2n) is 5.88. The summed E-state index contributed by atoms with van der Waals surface area (Å²) in [7, 11) is 0. The molecule has 0 aromatic heterocycles. The lowest BCUT2D eigenvalue weighted by molar-refractivity contribution is 0.337. The second kappa shape index (κ2) is 4.01. The van der Waals surface area contributed by atoms with Crippen LogP contribution in [0.3, 0.4) is 0 Å². The largest absolute Gasteiger partial charge is 0.297 e. The Hall–Kier alpha value is 0.01000. The lowest BCUT2D eigenvalue weighted by atomic mass is 9.87. The van der Waals surface area contributed by atoms with Gasteiger partial charge in [0.05, 0.1) is 4.87 Å². The average Bonchev–Trinajstić information content (AvgIpc) is 2.55. The van der Waals surface area contributed by atoms with Gasteiger partial charge in [0.25, 0.3) is 0 Å². The molecule has 1 nitrogen and oxygen atoms in total.